The molecule has 0 saturated heterocycles. The van der Waals surface area contributed by atoms with Crippen LogP contribution < -0.4 is 10.1 Å². The van der Waals surface area contributed by atoms with E-state index in [-0.39, 0.29) is 11.6 Å². The van der Waals surface area contributed by atoms with Gasteiger partial charge in [0.05, 0.1) is 13.2 Å². The maximum atomic E-state index is 11.8. The molecule has 0 bridgehead atoms. The lowest BCUT2D eigenvalue weighted by atomic mass is 10.2. The van der Waals surface area contributed by atoms with E-state index in [0.29, 0.717) is 10.7 Å². The van der Waals surface area contributed by atoms with Crippen molar-refractivity contribution in [1.29, 1.82) is 0 Å². The predicted molar refractivity (Wildman–Crippen MR) is 67.2 cm³/mol. The first kappa shape index (κ1) is 12.4. The number of benzene rings is 1. The second kappa shape index (κ2) is 5.10. The minimum atomic E-state index is -0.411. The number of carbonyl (C=O) groups is 1. The summed E-state index contributed by atoms with van der Waals surface area (Å²) in [6.45, 7) is 1.88. The Morgan fingerprint density at radius 3 is 2.83 bits per heavy atom. The number of carbonyl (C=O) groups excluding carboxylic acids is 1. The number of ether oxygens (including phenoxy) is 1. The van der Waals surface area contributed by atoms with Crippen molar-refractivity contribution in [2.24, 2.45) is 0 Å². The first-order chi connectivity index (χ1) is 8.60. The van der Waals surface area contributed by atoms with Crippen LogP contribution in [0.25, 0.3) is 0 Å². The Hall–Kier alpha value is -2.01. The van der Waals surface area contributed by atoms with Crippen LogP contribution in [0.5, 0.6) is 5.88 Å². The molecule has 0 fully saturated rings. The van der Waals surface area contributed by atoms with Crippen molar-refractivity contribution >= 4 is 23.2 Å². The Morgan fingerprint density at radius 2 is 2.22 bits per heavy atom. The molecule has 0 radical (unpaired) electrons. The summed E-state index contributed by atoms with van der Waals surface area (Å²) in [6.07, 6.45) is 0. The summed E-state index contributed by atoms with van der Waals surface area (Å²) in [5.74, 6) is -0.0867. The molecule has 18 heavy (non-hydrogen) atoms. The first-order valence-electron chi connectivity index (χ1n) is 5.18. The smallest absolute Gasteiger partial charge is 0.294 e. The van der Waals surface area contributed by atoms with Crippen molar-refractivity contribution in [3.05, 3.63) is 40.6 Å². The van der Waals surface area contributed by atoms with Gasteiger partial charge < -0.3 is 14.6 Å². The lowest BCUT2D eigenvalue weighted by Gasteiger charge is -2.04. The fourth-order valence-corrected chi connectivity index (χ4v) is 1.51. The molecule has 5 nitrogen and oxygen atoms in total. The van der Waals surface area contributed by atoms with Gasteiger partial charge in [-0.2, -0.15) is 0 Å². The lowest BCUT2D eigenvalue weighted by molar-refractivity contribution is 0.0987. The van der Waals surface area contributed by atoms with E-state index in [1.165, 1.54) is 13.2 Å². The summed E-state index contributed by atoms with van der Waals surface area (Å²) in [5, 5.41) is 6.78. The molecule has 0 unspecified atom stereocenters. The van der Waals surface area contributed by atoms with E-state index in [1.807, 2.05) is 13.0 Å². The predicted octanol–water partition coefficient (Wildman–Crippen LogP) is 2.90. The van der Waals surface area contributed by atoms with Crippen LogP contribution in [0.1, 0.15) is 16.1 Å². The van der Waals surface area contributed by atoms with E-state index in [4.69, 9.17) is 20.9 Å². The van der Waals surface area contributed by atoms with Gasteiger partial charge in [-0.1, -0.05) is 17.7 Å². The monoisotopic (exact) mass is 266 g/mol. The molecule has 1 amide bonds. The number of halogens is 1. The van der Waals surface area contributed by atoms with E-state index >= 15 is 0 Å². The third-order valence-electron chi connectivity index (χ3n) is 2.35. The SMILES string of the molecule is COc1cc(C(=O)Nc2ccc(C)c(Cl)c2)on1. The van der Waals surface area contributed by atoms with Crippen molar-refractivity contribution in [2.45, 2.75) is 6.92 Å². The fourth-order valence-electron chi connectivity index (χ4n) is 1.33. The van der Waals surface area contributed by atoms with Crippen molar-refractivity contribution in [3.8, 4) is 5.88 Å². The number of aryl methyl sites for hydroxylation is 1. The summed E-state index contributed by atoms with van der Waals surface area (Å²) in [5.41, 5.74) is 1.53. The van der Waals surface area contributed by atoms with Crippen LogP contribution in [0.2, 0.25) is 5.02 Å². The fraction of sp³-hybridized carbons (Fsp3) is 0.167. The first-order valence-corrected chi connectivity index (χ1v) is 5.56. The molecule has 0 saturated carbocycles. The third kappa shape index (κ3) is 2.62. The molecule has 1 aromatic heterocycles. The van der Waals surface area contributed by atoms with Gasteiger partial charge in [0.25, 0.3) is 11.8 Å². The van der Waals surface area contributed by atoms with Gasteiger partial charge in [0, 0.05) is 10.7 Å². The standard InChI is InChI=1S/C12H11ClN2O3/c1-7-3-4-8(5-9(7)13)14-12(16)10-6-11(17-2)15-18-10/h3-6H,1-2H3,(H,14,16). The number of rotatable bonds is 3. The Bertz CT molecular complexity index is 580. The van der Waals surface area contributed by atoms with Crippen LogP contribution in [0.4, 0.5) is 5.69 Å². The normalized spacial score (nSPS) is 10.2. The van der Waals surface area contributed by atoms with Crippen molar-refractivity contribution < 1.29 is 14.1 Å². The second-order valence-electron chi connectivity index (χ2n) is 3.65. The average Bonchev–Trinajstić information content (AvgIpc) is 2.82. The van der Waals surface area contributed by atoms with Gasteiger partial charge >= 0.3 is 0 Å². The van der Waals surface area contributed by atoms with Gasteiger partial charge in [-0.25, -0.2) is 0 Å². The second-order valence-corrected chi connectivity index (χ2v) is 4.06. The molecule has 0 spiro atoms. The Labute approximate surface area is 109 Å². The molecule has 1 aromatic carbocycles. The number of methoxy groups -OCH3 is 1. The van der Waals surface area contributed by atoms with Crippen LogP contribution in [0.3, 0.4) is 0 Å². The number of aromatic nitrogens is 1. The summed E-state index contributed by atoms with van der Waals surface area (Å²) in [6, 6.07) is 6.65. The quantitative estimate of drug-likeness (QED) is 0.928. The molecule has 0 aliphatic rings. The van der Waals surface area contributed by atoms with Crippen LogP contribution in [-0.4, -0.2) is 18.2 Å². The molecule has 6 heteroatoms. The maximum absolute atomic E-state index is 11.8. The number of anilines is 1. The van der Waals surface area contributed by atoms with Gasteiger partial charge in [-0.05, 0) is 29.8 Å². The van der Waals surface area contributed by atoms with E-state index in [0.717, 1.165) is 5.56 Å². The number of amides is 1. The number of nitrogens with one attached hydrogen (secondary N) is 1. The number of hydrogen-bond acceptors (Lipinski definition) is 4. The van der Waals surface area contributed by atoms with E-state index < -0.39 is 5.91 Å². The number of hydrogen-bond donors (Lipinski definition) is 1. The Morgan fingerprint density at radius 1 is 1.44 bits per heavy atom. The summed E-state index contributed by atoms with van der Waals surface area (Å²) >= 11 is 5.96. The molecular weight excluding hydrogens is 256 g/mol. The summed E-state index contributed by atoms with van der Waals surface area (Å²) in [7, 11) is 1.44. The van der Waals surface area contributed by atoms with Gasteiger partial charge in [-0.3, -0.25) is 4.79 Å². The van der Waals surface area contributed by atoms with Crippen molar-refractivity contribution in [3.63, 3.8) is 0 Å². The molecule has 0 aliphatic heterocycles. The number of nitrogens with zero attached hydrogens (tertiary/aromatic N) is 1. The lowest BCUT2D eigenvalue weighted by Crippen LogP contribution is -2.10. The molecule has 2 aromatic rings. The van der Waals surface area contributed by atoms with Gasteiger partial charge in [0.2, 0.25) is 5.76 Å². The summed E-state index contributed by atoms with van der Waals surface area (Å²) < 4.78 is 9.65. The van der Waals surface area contributed by atoms with E-state index in [9.17, 15) is 4.79 Å². The van der Waals surface area contributed by atoms with Gasteiger partial charge in [0.15, 0.2) is 0 Å². The van der Waals surface area contributed by atoms with Crippen molar-refractivity contribution in [1.82, 2.24) is 5.16 Å². The van der Waals surface area contributed by atoms with E-state index in [2.05, 4.69) is 10.5 Å². The zero-order valence-electron chi connectivity index (χ0n) is 9.86. The molecule has 94 valence electrons. The summed E-state index contributed by atoms with van der Waals surface area (Å²) in [4.78, 5) is 11.8. The van der Waals surface area contributed by atoms with Crippen LogP contribution in [-0.2, 0) is 0 Å². The van der Waals surface area contributed by atoms with Crippen LogP contribution >= 0.6 is 11.6 Å². The molecule has 1 N–H and O–H groups in total. The highest BCUT2D eigenvalue weighted by Gasteiger charge is 2.13. The van der Waals surface area contributed by atoms with E-state index in [1.54, 1.807) is 12.1 Å². The maximum Gasteiger partial charge on any atom is 0.294 e. The highest BCUT2D eigenvalue weighted by atomic mass is 35.5. The Balaban J connectivity index is 2.13. The van der Waals surface area contributed by atoms with Crippen LogP contribution in [0.15, 0.2) is 28.8 Å². The molecule has 0 atom stereocenters. The molecular formula is C12H11ClN2O3. The zero-order chi connectivity index (χ0) is 13.1. The minimum Gasteiger partial charge on any atom is -0.479 e. The minimum absolute atomic E-state index is 0.0727. The van der Waals surface area contributed by atoms with Gasteiger partial charge in [0.1, 0.15) is 0 Å². The molecule has 1 heterocycles. The van der Waals surface area contributed by atoms with Gasteiger partial charge in [-0.15, -0.1) is 0 Å². The highest BCUT2D eigenvalue weighted by Crippen LogP contribution is 2.21. The topological polar surface area (TPSA) is 64.4 Å². The Kier molecular flexibility index (Phi) is 3.53. The zero-order valence-corrected chi connectivity index (χ0v) is 10.6. The average molecular weight is 267 g/mol. The molecule has 2 rings (SSSR count). The third-order valence-corrected chi connectivity index (χ3v) is 2.76. The molecule has 0 aliphatic carbocycles. The highest BCUT2D eigenvalue weighted by molar-refractivity contribution is 6.31. The van der Waals surface area contributed by atoms with Crippen LogP contribution in [0, 0.1) is 6.92 Å². The largest absolute Gasteiger partial charge is 0.479 e. The van der Waals surface area contributed by atoms with Crippen molar-refractivity contribution in [2.75, 3.05) is 12.4 Å².